The van der Waals surface area contributed by atoms with Gasteiger partial charge in [-0.15, -0.1) is 0 Å². The molecule has 21 heavy (non-hydrogen) atoms. The Morgan fingerprint density at radius 3 is 2.86 bits per heavy atom. The lowest BCUT2D eigenvalue weighted by Gasteiger charge is -2.20. The molecule has 4 nitrogen and oxygen atoms in total. The standard InChI is InChI=1S/C17H18N2O2/c1-12-8-14(10-15(18)9-12)17(20)19-6-7-21-16-5-3-2-4-13(16)11-19/h2-5,8-10H,6-7,11,18H2,1H3. The normalized spacial score (nSPS) is 14.0. The Hall–Kier alpha value is -2.49. The second-order valence-electron chi connectivity index (χ2n) is 5.32. The van der Waals surface area contributed by atoms with Crippen molar-refractivity contribution in [3.63, 3.8) is 0 Å². The monoisotopic (exact) mass is 282 g/mol. The number of anilines is 1. The minimum absolute atomic E-state index is 0.00861. The van der Waals surface area contributed by atoms with Crippen LogP contribution < -0.4 is 10.5 Å². The van der Waals surface area contributed by atoms with Gasteiger partial charge in [-0.3, -0.25) is 4.79 Å². The van der Waals surface area contributed by atoms with E-state index in [9.17, 15) is 4.79 Å². The van der Waals surface area contributed by atoms with Crippen molar-refractivity contribution < 1.29 is 9.53 Å². The Labute approximate surface area is 124 Å². The summed E-state index contributed by atoms with van der Waals surface area (Å²) in [6, 6.07) is 13.3. The zero-order chi connectivity index (χ0) is 14.8. The van der Waals surface area contributed by atoms with Gasteiger partial charge in [0.1, 0.15) is 12.4 Å². The van der Waals surface area contributed by atoms with Gasteiger partial charge in [0.2, 0.25) is 0 Å². The van der Waals surface area contributed by atoms with Gasteiger partial charge < -0.3 is 15.4 Å². The molecule has 4 heteroatoms. The number of nitrogen functional groups attached to an aromatic ring is 1. The molecule has 0 fully saturated rings. The summed E-state index contributed by atoms with van der Waals surface area (Å²) in [6.07, 6.45) is 0. The number of nitrogens with two attached hydrogens (primary N) is 1. The lowest BCUT2D eigenvalue weighted by molar-refractivity contribution is 0.0733. The molecule has 0 aliphatic carbocycles. The van der Waals surface area contributed by atoms with E-state index in [4.69, 9.17) is 10.5 Å². The van der Waals surface area contributed by atoms with Gasteiger partial charge in [-0.25, -0.2) is 0 Å². The van der Waals surface area contributed by atoms with Crippen LogP contribution >= 0.6 is 0 Å². The highest BCUT2D eigenvalue weighted by atomic mass is 16.5. The van der Waals surface area contributed by atoms with E-state index in [1.54, 1.807) is 11.0 Å². The van der Waals surface area contributed by atoms with Gasteiger partial charge in [0.25, 0.3) is 5.91 Å². The maximum atomic E-state index is 12.7. The van der Waals surface area contributed by atoms with Crippen LogP contribution in [-0.4, -0.2) is 24.0 Å². The number of fused-ring (bicyclic) bond motifs is 1. The maximum absolute atomic E-state index is 12.7. The van der Waals surface area contributed by atoms with E-state index < -0.39 is 0 Å². The van der Waals surface area contributed by atoms with Crippen molar-refractivity contribution in [1.29, 1.82) is 0 Å². The number of carbonyl (C=O) groups excluding carboxylic acids is 1. The maximum Gasteiger partial charge on any atom is 0.254 e. The fourth-order valence-corrected chi connectivity index (χ4v) is 2.62. The number of rotatable bonds is 1. The molecule has 2 N–H and O–H groups in total. The first-order valence-electron chi connectivity index (χ1n) is 7.00. The quantitative estimate of drug-likeness (QED) is 0.818. The molecule has 0 radical (unpaired) electrons. The van der Waals surface area contributed by atoms with Crippen LogP contribution in [-0.2, 0) is 6.54 Å². The predicted molar refractivity (Wildman–Crippen MR) is 82.3 cm³/mol. The minimum atomic E-state index is -0.00861. The summed E-state index contributed by atoms with van der Waals surface area (Å²) < 4.78 is 5.69. The second kappa shape index (κ2) is 5.48. The van der Waals surface area contributed by atoms with Crippen LogP contribution in [0.4, 0.5) is 5.69 Å². The molecule has 3 rings (SSSR count). The molecule has 2 aromatic rings. The van der Waals surface area contributed by atoms with Crippen molar-refractivity contribution in [2.24, 2.45) is 0 Å². The molecule has 108 valence electrons. The Morgan fingerprint density at radius 2 is 2.05 bits per heavy atom. The fraction of sp³-hybridized carbons (Fsp3) is 0.235. The summed E-state index contributed by atoms with van der Waals surface area (Å²) in [5, 5.41) is 0. The summed E-state index contributed by atoms with van der Waals surface area (Å²) in [5.74, 6) is 0.849. The predicted octanol–water partition coefficient (Wildman–Crippen LogP) is 2.61. The number of para-hydroxylation sites is 1. The molecule has 0 saturated carbocycles. The Bertz CT molecular complexity index is 662. The van der Waals surface area contributed by atoms with E-state index >= 15 is 0 Å². The first kappa shape index (κ1) is 13.5. The average Bonchev–Trinajstić information content (AvgIpc) is 2.67. The van der Waals surface area contributed by atoms with Crippen LogP contribution in [0.1, 0.15) is 21.5 Å². The van der Waals surface area contributed by atoms with Crippen LogP contribution in [0.15, 0.2) is 42.5 Å². The number of hydrogen-bond donors (Lipinski definition) is 1. The molecule has 1 amide bonds. The van der Waals surface area contributed by atoms with Gasteiger partial charge in [-0.05, 0) is 36.8 Å². The van der Waals surface area contributed by atoms with E-state index in [1.807, 2.05) is 43.3 Å². The number of hydrogen-bond acceptors (Lipinski definition) is 3. The molecule has 2 aromatic carbocycles. The van der Waals surface area contributed by atoms with E-state index in [-0.39, 0.29) is 5.91 Å². The van der Waals surface area contributed by atoms with E-state index in [1.165, 1.54) is 0 Å². The summed E-state index contributed by atoms with van der Waals surface area (Å²) in [6.45, 7) is 3.57. The van der Waals surface area contributed by atoms with Gasteiger partial charge >= 0.3 is 0 Å². The van der Waals surface area contributed by atoms with Crippen molar-refractivity contribution in [2.75, 3.05) is 18.9 Å². The highest BCUT2D eigenvalue weighted by molar-refractivity contribution is 5.95. The van der Waals surface area contributed by atoms with Gasteiger partial charge in [0, 0.05) is 23.4 Å². The third-order valence-corrected chi connectivity index (χ3v) is 3.59. The molecule has 0 saturated heterocycles. The lowest BCUT2D eigenvalue weighted by atomic mass is 10.1. The largest absolute Gasteiger partial charge is 0.491 e. The Morgan fingerprint density at radius 1 is 1.24 bits per heavy atom. The highest BCUT2D eigenvalue weighted by Crippen LogP contribution is 2.24. The molecular formula is C17H18N2O2. The third kappa shape index (κ3) is 2.84. The first-order chi connectivity index (χ1) is 10.1. The summed E-state index contributed by atoms with van der Waals surface area (Å²) in [7, 11) is 0. The number of nitrogens with zero attached hydrogens (tertiary/aromatic N) is 1. The molecule has 0 atom stereocenters. The van der Waals surface area contributed by atoms with Crippen LogP contribution in [0.25, 0.3) is 0 Å². The molecule has 0 spiro atoms. The molecule has 0 aromatic heterocycles. The van der Waals surface area contributed by atoms with Crippen LogP contribution in [0.2, 0.25) is 0 Å². The molecule has 1 aliphatic heterocycles. The zero-order valence-electron chi connectivity index (χ0n) is 12.0. The lowest BCUT2D eigenvalue weighted by Crippen LogP contribution is -2.32. The van der Waals surface area contributed by atoms with Gasteiger partial charge in [0.05, 0.1) is 6.54 Å². The Kier molecular flexibility index (Phi) is 3.52. The van der Waals surface area contributed by atoms with Gasteiger partial charge in [-0.1, -0.05) is 18.2 Å². The Balaban J connectivity index is 1.88. The summed E-state index contributed by atoms with van der Waals surface area (Å²) in [5.41, 5.74) is 9.11. The molecule has 1 heterocycles. The zero-order valence-corrected chi connectivity index (χ0v) is 12.0. The van der Waals surface area contributed by atoms with Crippen molar-refractivity contribution in [3.05, 3.63) is 59.2 Å². The number of aryl methyl sites for hydroxylation is 1. The highest BCUT2D eigenvalue weighted by Gasteiger charge is 2.21. The van der Waals surface area contributed by atoms with E-state index in [2.05, 4.69) is 0 Å². The minimum Gasteiger partial charge on any atom is -0.491 e. The van der Waals surface area contributed by atoms with Crippen LogP contribution in [0.5, 0.6) is 5.75 Å². The van der Waals surface area contributed by atoms with Gasteiger partial charge in [-0.2, -0.15) is 0 Å². The summed E-state index contributed by atoms with van der Waals surface area (Å²) >= 11 is 0. The SMILES string of the molecule is Cc1cc(N)cc(C(=O)N2CCOc3ccccc3C2)c1. The van der Waals surface area contributed by atoms with E-state index in [0.29, 0.717) is 30.9 Å². The number of benzene rings is 2. The van der Waals surface area contributed by atoms with Crippen molar-refractivity contribution in [3.8, 4) is 5.75 Å². The van der Waals surface area contributed by atoms with Crippen LogP contribution in [0, 0.1) is 6.92 Å². The second-order valence-corrected chi connectivity index (χ2v) is 5.32. The molecule has 0 unspecified atom stereocenters. The van der Waals surface area contributed by atoms with Gasteiger partial charge in [0.15, 0.2) is 0 Å². The smallest absolute Gasteiger partial charge is 0.254 e. The number of carbonyl (C=O) groups is 1. The first-order valence-corrected chi connectivity index (χ1v) is 7.00. The average molecular weight is 282 g/mol. The number of ether oxygens (including phenoxy) is 1. The topological polar surface area (TPSA) is 55.6 Å². The third-order valence-electron chi connectivity index (χ3n) is 3.59. The molecule has 0 bridgehead atoms. The fourth-order valence-electron chi connectivity index (χ4n) is 2.62. The van der Waals surface area contributed by atoms with Crippen molar-refractivity contribution in [2.45, 2.75) is 13.5 Å². The molecular weight excluding hydrogens is 264 g/mol. The number of amides is 1. The van der Waals surface area contributed by atoms with E-state index in [0.717, 1.165) is 16.9 Å². The van der Waals surface area contributed by atoms with Crippen molar-refractivity contribution in [1.82, 2.24) is 4.90 Å². The van der Waals surface area contributed by atoms with Crippen molar-refractivity contribution >= 4 is 11.6 Å². The summed E-state index contributed by atoms with van der Waals surface area (Å²) in [4.78, 5) is 14.5. The molecule has 1 aliphatic rings. The van der Waals surface area contributed by atoms with Crippen LogP contribution in [0.3, 0.4) is 0 Å².